The number of aryl methyl sites for hydroxylation is 2. The molecule has 2 aromatic heterocycles. The molecule has 0 bridgehead atoms. The second-order valence-electron chi connectivity index (χ2n) is 4.60. The summed E-state index contributed by atoms with van der Waals surface area (Å²) in [5.41, 5.74) is 3.62. The predicted molar refractivity (Wildman–Crippen MR) is 78.4 cm³/mol. The van der Waals surface area contributed by atoms with Gasteiger partial charge in [0.1, 0.15) is 11.6 Å². The lowest BCUT2D eigenvalue weighted by atomic mass is 10.3. The predicted octanol–water partition coefficient (Wildman–Crippen LogP) is 2.65. The largest absolute Gasteiger partial charge is 0.363 e. The summed E-state index contributed by atoms with van der Waals surface area (Å²) in [6, 6.07) is 9.75. The topological polar surface area (TPSA) is 63.6 Å². The number of nitrogens with one attached hydrogen (secondary N) is 1. The number of hydrogen-bond acceptors (Lipinski definition) is 5. The Kier molecular flexibility index (Phi) is 3.25. The van der Waals surface area contributed by atoms with E-state index in [0.717, 1.165) is 34.1 Å². The molecule has 3 rings (SSSR count). The molecule has 0 amide bonds. The van der Waals surface area contributed by atoms with Crippen LogP contribution in [-0.2, 0) is 6.54 Å². The molecule has 0 spiro atoms. The summed E-state index contributed by atoms with van der Waals surface area (Å²) < 4.78 is 0. The quantitative estimate of drug-likeness (QED) is 0.788. The van der Waals surface area contributed by atoms with Crippen LogP contribution in [0.3, 0.4) is 0 Å². The molecule has 0 aliphatic carbocycles. The number of hydrogen-bond donors (Lipinski definition) is 1. The average Bonchev–Trinajstić information content (AvgIpc) is 2.45. The molecule has 0 saturated heterocycles. The number of para-hydroxylation sites is 2. The van der Waals surface area contributed by atoms with Crippen LogP contribution < -0.4 is 5.32 Å². The maximum Gasteiger partial charge on any atom is 0.148 e. The first-order valence-corrected chi connectivity index (χ1v) is 6.48. The fourth-order valence-electron chi connectivity index (χ4n) is 2.03. The smallest absolute Gasteiger partial charge is 0.148 e. The summed E-state index contributed by atoms with van der Waals surface area (Å²) in [6.45, 7) is 4.44. The summed E-state index contributed by atoms with van der Waals surface area (Å²) >= 11 is 0. The van der Waals surface area contributed by atoms with Crippen molar-refractivity contribution in [1.82, 2.24) is 19.9 Å². The number of benzene rings is 1. The van der Waals surface area contributed by atoms with Crippen LogP contribution >= 0.6 is 0 Å². The zero-order valence-electron chi connectivity index (χ0n) is 11.5. The van der Waals surface area contributed by atoms with Gasteiger partial charge in [0, 0.05) is 6.20 Å². The van der Waals surface area contributed by atoms with Crippen molar-refractivity contribution in [2.24, 2.45) is 0 Å². The molecular weight excluding hydrogens is 250 g/mol. The van der Waals surface area contributed by atoms with Crippen LogP contribution in [0.1, 0.15) is 17.2 Å². The maximum atomic E-state index is 4.60. The highest BCUT2D eigenvalue weighted by atomic mass is 15.0. The summed E-state index contributed by atoms with van der Waals surface area (Å²) in [5.74, 6) is 1.56. The minimum Gasteiger partial charge on any atom is -0.363 e. The second-order valence-corrected chi connectivity index (χ2v) is 4.60. The lowest BCUT2D eigenvalue weighted by molar-refractivity contribution is 0.947. The van der Waals surface area contributed by atoms with Crippen molar-refractivity contribution in [2.75, 3.05) is 5.32 Å². The molecule has 2 heterocycles. The monoisotopic (exact) mass is 265 g/mol. The molecule has 0 atom stereocenters. The van der Waals surface area contributed by atoms with Gasteiger partial charge in [0.25, 0.3) is 0 Å². The van der Waals surface area contributed by atoms with E-state index in [2.05, 4.69) is 25.3 Å². The zero-order valence-corrected chi connectivity index (χ0v) is 11.5. The summed E-state index contributed by atoms with van der Waals surface area (Å²) in [5, 5.41) is 3.28. The highest BCUT2D eigenvalue weighted by molar-refractivity contribution is 5.76. The number of fused-ring (bicyclic) bond motifs is 1. The molecule has 0 aliphatic rings. The van der Waals surface area contributed by atoms with Crippen LogP contribution in [0, 0.1) is 13.8 Å². The van der Waals surface area contributed by atoms with Gasteiger partial charge in [0.05, 0.1) is 29.0 Å². The normalized spacial score (nSPS) is 10.7. The van der Waals surface area contributed by atoms with E-state index in [9.17, 15) is 0 Å². The SMILES string of the molecule is Cc1nccc(CNc2nc3ccccc3nc2C)n1. The molecule has 100 valence electrons. The summed E-state index contributed by atoms with van der Waals surface area (Å²) in [4.78, 5) is 17.6. The van der Waals surface area contributed by atoms with E-state index in [-0.39, 0.29) is 0 Å². The van der Waals surface area contributed by atoms with Gasteiger partial charge in [-0.2, -0.15) is 0 Å². The van der Waals surface area contributed by atoms with E-state index in [1.807, 2.05) is 44.2 Å². The summed E-state index contributed by atoms with van der Waals surface area (Å²) in [7, 11) is 0. The minimum atomic E-state index is 0.608. The van der Waals surface area contributed by atoms with Gasteiger partial charge >= 0.3 is 0 Å². The van der Waals surface area contributed by atoms with Crippen molar-refractivity contribution in [3.8, 4) is 0 Å². The van der Waals surface area contributed by atoms with Gasteiger partial charge in [-0.05, 0) is 32.0 Å². The van der Waals surface area contributed by atoms with Crippen molar-refractivity contribution in [3.63, 3.8) is 0 Å². The number of aromatic nitrogens is 4. The average molecular weight is 265 g/mol. The first-order chi connectivity index (χ1) is 9.72. The Bertz CT molecular complexity index is 754. The molecule has 5 heteroatoms. The fraction of sp³-hybridized carbons (Fsp3) is 0.200. The highest BCUT2D eigenvalue weighted by Gasteiger charge is 2.05. The van der Waals surface area contributed by atoms with E-state index in [4.69, 9.17) is 0 Å². The van der Waals surface area contributed by atoms with E-state index in [1.165, 1.54) is 0 Å². The Morgan fingerprint density at radius 2 is 1.70 bits per heavy atom. The van der Waals surface area contributed by atoms with Crippen LogP contribution in [0.5, 0.6) is 0 Å². The number of rotatable bonds is 3. The van der Waals surface area contributed by atoms with Gasteiger partial charge < -0.3 is 5.32 Å². The minimum absolute atomic E-state index is 0.608. The van der Waals surface area contributed by atoms with E-state index in [0.29, 0.717) is 6.54 Å². The third-order valence-electron chi connectivity index (χ3n) is 3.02. The van der Waals surface area contributed by atoms with E-state index < -0.39 is 0 Å². The molecule has 0 radical (unpaired) electrons. The molecule has 3 aromatic rings. The van der Waals surface area contributed by atoms with Crippen molar-refractivity contribution in [3.05, 3.63) is 53.7 Å². The first-order valence-electron chi connectivity index (χ1n) is 6.48. The van der Waals surface area contributed by atoms with Crippen LogP contribution in [0.2, 0.25) is 0 Å². The van der Waals surface area contributed by atoms with Crippen molar-refractivity contribution in [2.45, 2.75) is 20.4 Å². The Hall–Kier alpha value is -2.56. The zero-order chi connectivity index (χ0) is 13.9. The standard InChI is InChI=1S/C15H15N5/c1-10-15(17-9-12-7-8-16-11(2)19-12)20-14-6-4-3-5-13(14)18-10/h3-8H,9H2,1-2H3,(H,17,20). The molecular formula is C15H15N5. The molecule has 0 fully saturated rings. The van der Waals surface area contributed by atoms with E-state index >= 15 is 0 Å². The van der Waals surface area contributed by atoms with Crippen molar-refractivity contribution in [1.29, 1.82) is 0 Å². The van der Waals surface area contributed by atoms with Gasteiger partial charge in [-0.1, -0.05) is 12.1 Å². The second kappa shape index (κ2) is 5.21. The van der Waals surface area contributed by atoms with Crippen molar-refractivity contribution >= 4 is 16.9 Å². The molecule has 0 aliphatic heterocycles. The van der Waals surface area contributed by atoms with Gasteiger partial charge in [-0.15, -0.1) is 0 Å². The molecule has 1 N–H and O–H groups in total. The molecule has 5 nitrogen and oxygen atoms in total. The van der Waals surface area contributed by atoms with Crippen LogP contribution in [0.4, 0.5) is 5.82 Å². The Morgan fingerprint density at radius 1 is 0.950 bits per heavy atom. The molecule has 0 saturated carbocycles. The lowest BCUT2D eigenvalue weighted by Gasteiger charge is -2.09. The van der Waals surface area contributed by atoms with Crippen LogP contribution in [0.15, 0.2) is 36.5 Å². The Morgan fingerprint density at radius 3 is 2.45 bits per heavy atom. The number of anilines is 1. The Balaban J connectivity index is 1.85. The van der Waals surface area contributed by atoms with Crippen LogP contribution in [-0.4, -0.2) is 19.9 Å². The fourth-order valence-corrected chi connectivity index (χ4v) is 2.03. The van der Waals surface area contributed by atoms with Gasteiger partial charge in [0.2, 0.25) is 0 Å². The number of nitrogens with zero attached hydrogens (tertiary/aromatic N) is 4. The third-order valence-corrected chi connectivity index (χ3v) is 3.02. The molecule has 0 unspecified atom stereocenters. The lowest BCUT2D eigenvalue weighted by Crippen LogP contribution is -2.07. The van der Waals surface area contributed by atoms with Gasteiger partial charge in [-0.25, -0.2) is 19.9 Å². The van der Waals surface area contributed by atoms with Gasteiger partial charge in [-0.3, -0.25) is 0 Å². The Labute approximate surface area is 117 Å². The van der Waals surface area contributed by atoms with Gasteiger partial charge in [0.15, 0.2) is 0 Å². The first kappa shape index (κ1) is 12.5. The van der Waals surface area contributed by atoms with Crippen molar-refractivity contribution < 1.29 is 0 Å². The maximum absolute atomic E-state index is 4.60. The van der Waals surface area contributed by atoms with Crippen LogP contribution in [0.25, 0.3) is 11.0 Å². The van der Waals surface area contributed by atoms with E-state index in [1.54, 1.807) is 6.20 Å². The highest BCUT2D eigenvalue weighted by Crippen LogP contribution is 2.16. The summed E-state index contributed by atoms with van der Waals surface area (Å²) in [6.07, 6.45) is 1.76. The molecule has 1 aromatic carbocycles. The third kappa shape index (κ3) is 2.56. The molecule has 20 heavy (non-hydrogen) atoms.